The van der Waals surface area contributed by atoms with Gasteiger partial charge >= 0.3 is 22.3 Å². The molecule has 0 fully saturated rings. The number of ether oxygens (including phenoxy) is 1. The third-order valence-electron chi connectivity index (χ3n) is 2.87. The van der Waals surface area contributed by atoms with E-state index in [4.69, 9.17) is 9.84 Å². The highest BCUT2D eigenvalue weighted by atomic mass is 32.2. The number of halogens is 2. The van der Waals surface area contributed by atoms with Gasteiger partial charge in [-0.1, -0.05) is 0 Å². The molecule has 1 aromatic carbocycles. The highest BCUT2D eigenvalue weighted by Crippen LogP contribution is 2.16. The molecule has 1 aromatic rings. The third-order valence-corrected chi connectivity index (χ3v) is 3.89. The van der Waals surface area contributed by atoms with Crippen molar-refractivity contribution in [3.8, 4) is 0 Å². The first-order chi connectivity index (χ1) is 11.8. The molecule has 1 rings (SSSR count). The number of hydrogen-bond donors (Lipinski definition) is 3. The van der Waals surface area contributed by atoms with Crippen LogP contribution in [-0.2, 0) is 21.4 Å². The second-order valence-corrected chi connectivity index (χ2v) is 7.84. The van der Waals surface area contributed by atoms with Crippen molar-refractivity contribution in [1.29, 1.82) is 0 Å². The Morgan fingerprint density at radius 1 is 1.19 bits per heavy atom. The molecule has 0 aliphatic heterocycles. The van der Waals surface area contributed by atoms with Gasteiger partial charge in [-0.3, -0.25) is 0 Å². The van der Waals surface area contributed by atoms with Crippen LogP contribution in [-0.4, -0.2) is 37.7 Å². The van der Waals surface area contributed by atoms with E-state index in [9.17, 15) is 26.8 Å². The fourth-order valence-corrected chi connectivity index (χ4v) is 2.66. The van der Waals surface area contributed by atoms with Crippen LogP contribution in [0.3, 0.4) is 0 Å². The summed E-state index contributed by atoms with van der Waals surface area (Å²) in [5.41, 5.74) is -1.74. The lowest BCUT2D eigenvalue weighted by atomic mass is 10.1. The van der Waals surface area contributed by atoms with E-state index in [2.05, 4.69) is 4.72 Å². The predicted molar refractivity (Wildman–Crippen MR) is 87.9 cm³/mol. The van der Waals surface area contributed by atoms with Gasteiger partial charge in [0.25, 0.3) is 0 Å². The zero-order valence-corrected chi connectivity index (χ0v) is 15.2. The fourth-order valence-electron chi connectivity index (χ4n) is 1.92. The molecule has 8 nitrogen and oxygen atoms in total. The lowest BCUT2D eigenvalue weighted by Gasteiger charge is -2.19. The summed E-state index contributed by atoms with van der Waals surface area (Å²) in [7, 11) is -4.14. The Labute approximate surface area is 149 Å². The zero-order valence-electron chi connectivity index (χ0n) is 14.4. The van der Waals surface area contributed by atoms with E-state index in [0.717, 1.165) is 12.1 Å². The molecular weight excluding hydrogens is 374 g/mol. The Balaban J connectivity index is 2.54. The predicted octanol–water partition coefficient (Wildman–Crippen LogP) is 1.95. The van der Waals surface area contributed by atoms with Gasteiger partial charge in [-0.15, -0.1) is 0 Å². The van der Waals surface area contributed by atoms with Crippen molar-refractivity contribution in [2.75, 3.05) is 6.54 Å². The lowest BCUT2D eigenvalue weighted by Crippen LogP contribution is -2.43. The Hall–Kier alpha value is -2.27. The SMILES string of the molecule is CC(C)(C)OC(=O)NS(=O)(=O)NCCCc1cc(F)c(C(=O)O)c(F)c1. The standard InChI is InChI=1S/C15H20F2N2O6S/c1-15(2,3)25-14(22)19-26(23,24)18-6-4-5-9-7-10(16)12(13(20)21)11(17)8-9/h7-8,18H,4-6H2,1-3H3,(H,19,22)(H,20,21). The van der Waals surface area contributed by atoms with Crippen molar-refractivity contribution in [2.24, 2.45) is 0 Å². The van der Waals surface area contributed by atoms with Crippen molar-refractivity contribution in [3.63, 3.8) is 0 Å². The van der Waals surface area contributed by atoms with Crippen LogP contribution >= 0.6 is 0 Å². The van der Waals surface area contributed by atoms with E-state index in [0.29, 0.717) is 0 Å². The zero-order chi connectivity index (χ0) is 20.1. The van der Waals surface area contributed by atoms with E-state index in [1.54, 1.807) is 25.5 Å². The monoisotopic (exact) mass is 394 g/mol. The minimum absolute atomic E-state index is 0.0860. The number of carbonyl (C=O) groups is 2. The van der Waals surface area contributed by atoms with E-state index in [-0.39, 0.29) is 24.9 Å². The highest BCUT2D eigenvalue weighted by molar-refractivity contribution is 7.88. The topological polar surface area (TPSA) is 122 Å². The Morgan fingerprint density at radius 2 is 1.73 bits per heavy atom. The number of carboxylic acids is 1. The number of nitrogens with one attached hydrogen (secondary N) is 2. The van der Waals surface area contributed by atoms with Gasteiger partial charge in [0.2, 0.25) is 0 Å². The summed E-state index contributed by atoms with van der Waals surface area (Å²) in [6, 6.07) is 1.75. The first-order valence-corrected chi connectivity index (χ1v) is 9.00. The lowest BCUT2D eigenvalue weighted by molar-refractivity contribution is 0.0568. The van der Waals surface area contributed by atoms with Crippen molar-refractivity contribution in [1.82, 2.24) is 9.44 Å². The third kappa shape index (κ3) is 7.31. The molecule has 0 heterocycles. The number of carboxylic acid groups (broad SMARTS) is 1. The number of carbonyl (C=O) groups excluding carboxylic acids is 1. The van der Waals surface area contributed by atoms with Crippen molar-refractivity contribution < 1.29 is 36.6 Å². The van der Waals surface area contributed by atoms with Crippen molar-refractivity contribution in [2.45, 2.75) is 39.2 Å². The van der Waals surface area contributed by atoms with Gasteiger partial charge in [0, 0.05) is 6.54 Å². The van der Waals surface area contributed by atoms with E-state index >= 15 is 0 Å². The number of aryl methyl sites for hydroxylation is 1. The summed E-state index contributed by atoms with van der Waals surface area (Å²) in [6.45, 7) is 4.59. The molecule has 0 radical (unpaired) electrons. The molecule has 0 aromatic heterocycles. The van der Waals surface area contributed by atoms with Crippen LogP contribution in [0.25, 0.3) is 0 Å². The van der Waals surface area contributed by atoms with Gasteiger partial charge < -0.3 is 9.84 Å². The maximum Gasteiger partial charge on any atom is 0.422 e. The second kappa shape index (κ2) is 8.41. The van der Waals surface area contributed by atoms with Crippen LogP contribution in [0.4, 0.5) is 13.6 Å². The van der Waals surface area contributed by atoms with Gasteiger partial charge in [0.05, 0.1) is 0 Å². The summed E-state index contributed by atoms with van der Waals surface area (Å²) < 4.78 is 59.0. The van der Waals surface area contributed by atoms with Crippen LogP contribution in [0.15, 0.2) is 12.1 Å². The fraction of sp³-hybridized carbons (Fsp3) is 0.467. The molecular formula is C15H20F2N2O6S. The normalized spacial score (nSPS) is 11.9. The minimum atomic E-state index is -4.14. The van der Waals surface area contributed by atoms with Crippen molar-refractivity contribution in [3.05, 3.63) is 34.9 Å². The van der Waals surface area contributed by atoms with Gasteiger partial charge in [0.15, 0.2) is 0 Å². The van der Waals surface area contributed by atoms with E-state index in [1.165, 1.54) is 0 Å². The average molecular weight is 394 g/mol. The molecule has 0 bridgehead atoms. The minimum Gasteiger partial charge on any atom is -0.477 e. The quantitative estimate of drug-likeness (QED) is 0.608. The molecule has 0 aliphatic carbocycles. The van der Waals surface area contributed by atoms with Crippen LogP contribution in [0.5, 0.6) is 0 Å². The van der Waals surface area contributed by atoms with E-state index in [1.807, 2.05) is 0 Å². The molecule has 3 N–H and O–H groups in total. The summed E-state index contributed by atoms with van der Waals surface area (Å²) in [4.78, 5) is 22.1. The molecule has 11 heteroatoms. The Kier molecular flexibility index (Phi) is 7.04. The van der Waals surface area contributed by atoms with Gasteiger partial charge in [-0.2, -0.15) is 13.1 Å². The number of amides is 1. The molecule has 146 valence electrons. The highest BCUT2D eigenvalue weighted by Gasteiger charge is 2.21. The number of benzene rings is 1. The maximum absolute atomic E-state index is 13.5. The smallest absolute Gasteiger partial charge is 0.422 e. The first kappa shape index (κ1) is 21.8. The largest absolute Gasteiger partial charge is 0.477 e. The first-order valence-electron chi connectivity index (χ1n) is 7.52. The second-order valence-electron chi connectivity index (χ2n) is 6.34. The Bertz CT molecular complexity index is 767. The summed E-state index contributed by atoms with van der Waals surface area (Å²) in [6.07, 6.45) is -0.901. The molecule has 0 spiro atoms. The van der Waals surface area contributed by atoms with Crippen LogP contribution in [0.1, 0.15) is 43.1 Å². The van der Waals surface area contributed by atoms with Crippen molar-refractivity contribution >= 4 is 22.3 Å². The number of hydrogen-bond acceptors (Lipinski definition) is 5. The van der Waals surface area contributed by atoms with Gasteiger partial charge in [0.1, 0.15) is 22.8 Å². The molecule has 26 heavy (non-hydrogen) atoms. The summed E-state index contributed by atoms with van der Waals surface area (Å²) >= 11 is 0. The van der Waals surface area contributed by atoms with Crippen LogP contribution in [0.2, 0.25) is 0 Å². The van der Waals surface area contributed by atoms with Crippen LogP contribution in [0, 0.1) is 11.6 Å². The van der Waals surface area contributed by atoms with Gasteiger partial charge in [-0.25, -0.2) is 23.1 Å². The maximum atomic E-state index is 13.5. The summed E-state index contributed by atoms with van der Waals surface area (Å²) in [5.74, 6) is -4.13. The molecule has 0 atom stereocenters. The molecule has 1 amide bonds. The number of rotatable bonds is 7. The molecule has 0 saturated carbocycles. The molecule has 0 unspecified atom stereocenters. The summed E-state index contributed by atoms with van der Waals surface area (Å²) in [5, 5.41) is 8.68. The molecule has 0 aliphatic rings. The number of aromatic carboxylic acids is 1. The van der Waals surface area contributed by atoms with Crippen LogP contribution < -0.4 is 9.44 Å². The average Bonchev–Trinajstić information content (AvgIpc) is 2.39. The Morgan fingerprint density at radius 3 is 2.19 bits per heavy atom. The van der Waals surface area contributed by atoms with E-state index < -0.39 is 45.1 Å². The van der Waals surface area contributed by atoms with Gasteiger partial charge in [-0.05, 0) is 51.3 Å². The molecule has 0 saturated heterocycles.